The molecule has 1 aliphatic rings. The molecule has 5 nitrogen and oxygen atoms in total. The van der Waals surface area contributed by atoms with Crippen LogP contribution in [0.3, 0.4) is 0 Å². The third kappa shape index (κ3) is 4.10. The van der Waals surface area contributed by atoms with Gasteiger partial charge in [0, 0.05) is 19.1 Å². The van der Waals surface area contributed by atoms with E-state index in [0.29, 0.717) is 29.0 Å². The molecule has 3 rings (SSSR count). The van der Waals surface area contributed by atoms with Crippen molar-refractivity contribution in [2.75, 3.05) is 19.6 Å². The lowest BCUT2D eigenvalue weighted by Crippen LogP contribution is -2.46. The molecule has 1 aliphatic heterocycles. The third-order valence-corrected chi connectivity index (χ3v) is 5.45. The fourth-order valence-corrected chi connectivity index (χ4v) is 3.94. The van der Waals surface area contributed by atoms with Crippen LogP contribution < -0.4 is 5.32 Å². The second-order valence-electron chi connectivity index (χ2n) is 7.30. The molecule has 0 bridgehead atoms. The van der Waals surface area contributed by atoms with Gasteiger partial charge >= 0.3 is 0 Å². The number of halogens is 1. The van der Waals surface area contributed by atoms with Crippen molar-refractivity contribution in [3.63, 3.8) is 0 Å². The highest BCUT2D eigenvalue weighted by atomic mass is 35.5. The molecule has 0 aliphatic carbocycles. The van der Waals surface area contributed by atoms with E-state index in [0.717, 1.165) is 24.7 Å². The summed E-state index contributed by atoms with van der Waals surface area (Å²) in [7, 11) is 0. The van der Waals surface area contributed by atoms with Crippen molar-refractivity contribution in [1.29, 1.82) is 0 Å². The minimum Gasteiger partial charge on any atom is -0.350 e. The maximum absolute atomic E-state index is 12.7. The van der Waals surface area contributed by atoms with Crippen molar-refractivity contribution >= 4 is 17.5 Å². The molecule has 6 heteroatoms. The predicted octanol–water partition coefficient (Wildman–Crippen LogP) is 3.68. The Bertz CT molecular complexity index is 759. The molecule has 140 valence electrons. The Labute approximate surface area is 160 Å². The second-order valence-corrected chi connectivity index (χ2v) is 7.66. The second kappa shape index (κ2) is 8.23. The molecule has 1 aromatic heterocycles. The number of amides is 1. The van der Waals surface area contributed by atoms with Crippen LogP contribution in [0.5, 0.6) is 0 Å². The number of hydrogen-bond donors (Lipinski definition) is 1. The number of nitrogens with zero attached hydrogens (tertiary/aromatic N) is 3. The van der Waals surface area contributed by atoms with Crippen molar-refractivity contribution in [1.82, 2.24) is 20.0 Å². The summed E-state index contributed by atoms with van der Waals surface area (Å²) >= 11 is 6.47. The maximum Gasteiger partial charge on any atom is 0.256 e. The number of carbonyl (C=O) groups is 1. The summed E-state index contributed by atoms with van der Waals surface area (Å²) in [6.45, 7) is 9.09. The number of piperidine rings is 1. The molecule has 1 saturated heterocycles. The summed E-state index contributed by atoms with van der Waals surface area (Å²) in [6, 6.07) is 9.92. The van der Waals surface area contributed by atoms with Crippen LogP contribution in [0.1, 0.15) is 42.7 Å². The smallest absolute Gasteiger partial charge is 0.256 e. The summed E-state index contributed by atoms with van der Waals surface area (Å²) in [5.41, 5.74) is 1.93. The number of hydrogen-bond acceptors (Lipinski definition) is 3. The van der Waals surface area contributed by atoms with Crippen LogP contribution in [-0.2, 0) is 0 Å². The minimum absolute atomic E-state index is 0.161. The highest BCUT2D eigenvalue weighted by Crippen LogP contribution is 2.23. The van der Waals surface area contributed by atoms with E-state index in [-0.39, 0.29) is 5.91 Å². The van der Waals surface area contributed by atoms with Crippen molar-refractivity contribution in [2.24, 2.45) is 5.92 Å². The van der Waals surface area contributed by atoms with E-state index in [1.807, 2.05) is 37.3 Å². The zero-order chi connectivity index (χ0) is 18.7. The molecule has 2 unspecified atom stereocenters. The Morgan fingerprint density at radius 2 is 2.12 bits per heavy atom. The number of benzene rings is 1. The van der Waals surface area contributed by atoms with Gasteiger partial charge in [-0.05, 0) is 51.3 Å². The molecule has 1 fully saturated rings. The number of carbonyl (C=O) groups excluding carboxylic acids is 1. The highest BCUT2D eigenvalue weighted by Gasteiger charge is 2.24. The molecule has 2 aromatic rings. The summed E-state index contributed by atoms with van der Waals surface area (Å²) in [4.78, 5) is 15.2. The normalized spacial score (nSPS) is 19.3. The van der Waals surface area contributed by atoms with E-state index < -0.39 is 0 Å². The van der Waals surface area contributed by atoms with Crippen LogP contribution in [0, 0.1) is 12.8 Å². The lowest BCUT2D eigenvalue weighted by atomic mass is 9.99. The van der Waals surface area contributed by atoms with Gasteiger partial charge in [0.15, 0.2) is 0 Å². The molecule has 26 heavy (non-hydrogen) atoms. The first-order valence-corrected chi connectivity index (χ1v) is 9.68. The van der Waals surface area contributed by atoms with E-state index >= 15 is 0 Å². The number of para-hydroxylation sites is 1. The molecule has 1 amide bonds. The Hall–Kier alpha value is -1.85. The first-order chi connectivity index (χ1) is 12.5. The van der Waals surface area contributed by atoms with Crippen molar-refractivity contribution in [3.8, 4) is 5.69 Å². The topological polar surface area (TPSA) is 50.2 Å². The Morgan fingerprint density at radius 3 is 2.81 bits per heavy atom. The Kier molecular flexibility index (Phi) is 5.99. The molecule has 2 atom stereocenters. The molecule has 1 aromatic carbocycles. The van der Waals surface area contributed by atoms with E-state index in [9.17, 15) is 4.79 Å². The zero-order valence-electron chi connectivity index (χ0n) is 15.7. The monoisotopic (exact) mass is 374 g/mol. The molecule has 0 saturated carbocycles. The van der Waals surface area contributed by atoms with Gasteiger partial charge in [-0.25, -0.2) is 4.68 Å². The van der Waals surface area contributed by atoms with Crippen molar-refractivity contribution < 1.29 is 4.79 Å². The molecule has 1 N–H and O–H groups in total. The van der Waals surface area contributed by atoms with Crippen LogP contribution in [0.4, 0.5) is 0 Å². The van der Waals surface area contributed by atoms with Crippen molar-refractivity contribution in [2.45, 2.75) is 39.7 Å². The maximum atomic E-state index is 12.7. The van der Waals surface area contributed by atoms with Crippen molar-refractivity contribution in [3.05, 3.63) is 46.7 Å². The fraction of sp³-hybridized carbons (Fsp3) is 0.500. The largest absolute Gasteiger partial charge is 0.350 e. The quantitative estimate of drug-likeness (QED) is 0.868. The number of aromatic nitrogens is 2. The Morgan fingerprint density at radius 1 is 1.38 bits per heavy atom. The SMILES string of the molecule is Cc1nn(-c2ccccc2)c(Cl)c1C(=O)NCC(C)N1CCCC(C)C1. The summed E-state index contributed by atoms with van der Waals surface area (Å²) < 4.78 is 1.61. The van der Waals surface area contributed by atoms with E-state index in [1.54, 1.807) is 4.68 Å². The highest BCUT2D eigenvalue weighted by molar-refractivity contribution is 6.33. The molecule has 0 spiro atoms. The van der Waals surface area contributed by atoms with Gasteiger partial charge in [-0.2, -0.15) is 5.10 Å². The lowest BCUT2D eigenvalue weighted by Gasteiger charge is -2.35. The van der Waals surface area contributed by atoms with Crippen LogP contribution in [0.25, 0.3) is 5.69 Å². The van der Waals surface area contributed by atoms with E-state index in [2.05, 4.69) is 29.2 Å². The fourth-order valence-electron chi connectivity index (χ4n) is 3.58. The molecule has 2 heterocycles. The van der Waals surface area contributed by atoms with Crippen LogP contribution >= 0.6 is 11.6 Å². The predicted molar refractivity (Wildman–Crippen MR) is 105 cm³/mol. The average Bonchev–Trinajstić information content (AvgIpc) is 2.94. The third-order valence-electron chi connectivity index (χ3n) is 5.10. The van der Waals surface area contributed by atoms with Gasteiger partial charge in [-0.15, -0.1) is 0 Å². The minimum atomic E-state index is -0.161. The average molecular weight is 375 g/mol. The van der Waals surface area contributed by atoms with Gasteiger partial charge in [0.25, 0.3) is 5.91 Å². The number of aryl methyl sites for hydroxylation is 1. The van der Waals surface area contributed by atoms with Gasteiger partial charge < -0.3 is 5.32 Å². The number of rotatable bonds is 5. The zero-order valence-corrected chi connectivity index (χ0v) is 16.5. The standard InChI is InChI=1S/C20H27ClN4O/c1-14-8-7-11-24(13-14)15(2)12-22-20(26)18-16(3)23-25(19(18)21)17-9-5-4-6-10-17/h4-6,9-10,14-15H,7-8,11-13H2,1-3H3,(H,22,26). The Balaban J connectivity index is 1.67. The number of nitrogens with one attached hydrogen (secondary N) is 1. The van der Waals surface area contributed by atoms with Gasteiger partial charge in [0.1, 0.15) is 5.15 Å². The van der Waals surface area contributed by atoms with E-state index in [1.165, 1.54) is 12.8 Å². The summed E-state index contributed by atoms with van der Waals surface area (Å²) in [5, 5.41) is 7.83. The first kappa shape index (κ1) is 18.9. The molecular weight excluding hydrogens is 348 g/mol. The molecule has 0 radical (unpaired) electrons. The number of likely N-dealkylation sites (tertiary alicyclic amines) is 1. The molecular formula is C20H27ClN4O. The van der Waals surface area contributed by atoms with Gasteiger partial charge in [-0.1, -0.05) is 36.7 Å². The van der Waals surface area contributed by atoms with Gasteiger partial charge in [0.2, 0.25) is 0 Å². The van der Waals surface area contributed by atoms with Gasteiger partial charge in [0.05, 0.1) is 16.9 Å². The van der Waals surface area contributed by atoms with Crippen LogP contribution in [-0.4, -0.2) is 46.3 Å². The first-order valence-electron chi connectivity index (χ1n) is 9.30. The lowest BCUT2D eigenvalue weighted by molar-refractivity contribution is 0.0917. The van der Waals surface area contributed by atoms with Crippen LogP contribution in [0.15, 0.2) is 30.3 Å². The summed E-state index contributed by atoms with van der Waals surface area (Å²) in [6.07, 6.45) is 2.53. The summed E-state index contributed by atoms with van der Waals surface area (Å²) in [5.74, 6) is 0.564. The van der Waals surface area contributed by atoms with Crippen LogP contribution in [0.2, 0.25) is 5.15 Å². The van der Waals surface area contributed by atoms with E-state index in [4.69, 9.17) is 11.6 Å². The van der Waals surface area contributed by atoms with Gasteiger partial charge in [-0.3, -0.25) is 9.69 Å².